The lowest BCUT2D eigenvalue weighted by molar-refractivity contribution is 0.107. The molecule has 2 aromatic carbocycles. The second kappa shape index (κ2) is 9.86. The Hall–Kier alpha value is -1.12. The molecular weight excluding hydrogens is 288 g/mol. The largest absolute Gasteiger partial charge is 0.372 e. The molecule has 0 spiro atoms. The van der Waals surface area contributed by atoms with Crippen molar-refractivity contribution >= 4 is 15.9 Å². The summed E-state index contributed by atoms with van der Waals surface area (Å²) < 4.78 is 5.61. The molecule has 0 radical (unpaired) electrons. The van der Waals surface area contributed by atoms with Crippen molar-refractivity contribution in [2.24, 2.45) is 0 Å². The number of halogens is 1. The van der Waals surface area contributed by atoms with Crippen molar-refractivity contribution in [3.8, 4) is 0 Å². The molecule has 0 aliphatic carbocycles. The van der Waals surface area contributed by atoms with Crippen LogP contribution in [0.5, 0.6) is 0 Å². The molecule has 0 unspecified atom stereocenters. The Morgan fingerprint density at radius 3 is 1.44 bits per heavy atom. The number of benzene rings is 2. The minimum Gasteiger partial charge on any atom is -0.372 e. The molecule has 0 fully saturated rings. The first-order valence-corrected chi connectivity index (χ1v) is 7.20. The summed E-state index contributed by atoms with van der Waals surface area (Å²) in [5.74, 6) is 0. The molecule has 0 amide bonds. The number of rotatable bonds is 4. The van der Waals surface area contributed by atoms with E-state index in [-0.39, 0.29) is 0 Å². The maximum Gasteiger partial charge on any atom is 0.0721 e. The van der Waals surface area contributed by atoms with E-state index in [1.807, 2.05) is 43.3 Å². The quantitative estimate of drug-likeness (QED) is 0.737. The average molecular weight is 307 g/mol. The van der Waals surface area contributed by atoms with Crippen molar-refractivity contribution in [3.63, 3.8) is 0 Å². The Kier molecular flexibility index (Phi) is 8.19. The van der Waals surface area contributed by atoms with Crippen LogP contribution in [0.3, 0.4) is 0 Å². The lowest BCUT2D eigenvalue weighted by Gasteiger charge is -2.03. The van der Waals surface area contributed by atoms with Gasteiger partial charge >= 0.3 is 0 Å². The molecule has 0 heterocycles. The molecule has 0 saturated heterocycles. The van der Waals surface area contributed by atoms with Gasteiger partial charge < -0.3 is 4.74 Å². The normalized spacial score (nSPS) is 9.44. The smallest absolute Gasteiger partial charge is 0.0721 e. The molecule has 1 nitrogen and oxygen atoms in total. The zero-order valence-corrected chi connectivity index (χ0v) is 12.3. The summed E-state index contributed by atoms with van der Waals surface area (Å²) in [6, 6.07) is 20.4. The summed E-state index contributed by atoms with van der Waals surface area (Å²) in [6.07, 6.45) is 0. The third kappa shape index (κ3) is 6.58. The summed E-state index contributed by atoms with van der Waals surface area (Å²) in [7, 11) is 0. The van der Waals surface area contributed by atoms with Crippen LogP contribution in [0.15, 0.2) is 60.7 Å². The first kappa shape index (κ1) is 14.9. The summed E-state index contributed by atoms with van der Waals surface area (Å²) in [6.45, 7) is 3.39. The van der Waals surface area contributed by atoms with Crippen molar-refractivity contribution in [2.75, 3.05) is 5.33 Å². The monoisotopic (exact) mass is 306 g/mol. The molecule has 0 bridgehead atoms. The van der Waals surface area contributed by atoms with Gasteiger partial charge in [-0.05, 0) is 11.1 Å². The predicted molar refractivity (Wildman–Crippen MR) is 80.8 cm³/mol. The highest BCUT2D eigenvalue weighted by molar-refractivity contribution is 9.09. The van der Waals surface area contributed by atoms with Crippen LogP contribution in [0.1, 0.15) is 18.1 Å². The van der Waals surface area contributed by atoms with E-state index in [1.165, 1.54) is 11.1 Å². The fraction of sp³-hybridized carbons (Fsp3) is 0.250. The van der Waals surface area contributed by atoms with Crippen LogP contribution in [0, 0.1) is 0 Å². The van der Waals surface area contributed by atoms with Gasteiger partial charge in [-0.3, -0.25) is 0 Å². The topological polar surface area (TPSA) is 9.23 Å². The molecule has 0 aliphatic heterocycles. The van der Waals surface area contributed by atoms with E-state index < -0.39 is 0 Å². The van der Waals surface area contributed by atoms with Crippen LogP contribution in [-0.4, -0.2) is 5.33 Å². The fourth-order valence-electron chi connectivity index (χ4n) is 1.44. The predicted octanol–water partition coefficient (Wildman–Crippen LogP) is 4.80. The van der Waals surface area contributed by atoms with Crippen LogP contribution < -0.4 is 0 Å². The van der Waals surface area contributed by atoms with Crippen LogP contribution in [0.25, 0.3) is 0 Å². The van der Waals surface area contributed by atoms with Crippen LogP contribution in [0.4, 0.5) is 0 Å². The first-order chi connectivity index (χ1) is 8.86. The Balaban J connectivity index is 0.000000492. The molecule has 96 valence electrons. The van der Waals surface area contributed by atoms with E-state index in [4.69, 9.17) is 4.74 Å². The maximum atomic E-state index is 5.61. The van der Waals surface area contributed by atoms with E-state index >= 15 is 0 Å². The van der Waals surface area contributed by atoms with E-state index in [1.54, 1.807) is 0 Å². The zero-order chi connectivity index (χ0) is 13.1. The number of hydrogen-bond acceptors (Lipinski definition) is 1. The van der Waals surface area contributed by atoms with Gasteiger partial charge in [-0.2, -0.15) is 0 Å². The molecule has 0 aliphatic rings. The van der Waals surface area contributed by atoms with Crippen LogP contribution in [-0.2, 0) is 18.0 Å². The molecule has 0 atom stereocenters. The Morgan fingerprint density at radius 1 is 0.778 bits per heavy atom. The summed E-state index contributed by atoms with van der Waals surface area (Å²) in [5.41, 5.74) is 2.43. The van der Waals surface area contributed by atoms with Gasteiger partial charge in [0.15, 0.2) is 0 Å². The summed E-state index contributed by atoms with van der Waals surface area (Å²) >= 11 is 3.15. The van der Waals surface area contributed by atoms with E-state index in [9.17, 15) is 0 Å². The van der Waals surface area contributed by atoms with Crippen LogP contribution in [0.2, 0.25) is 0 Å². The van der Waals surface area contributed by atoms with E-state index in [0.717, 1.165) is 5.33 Å². The van der Waals surface area contributed by atoms with Gasteiger partial charge in [0.2, 0.25) is 0 Å². The molecule has 18 heavy (non-hydrogen) atoms. The lowest BCUT2D eigenvalue weighted by atomic mass is 10.2. The molecule has 0 N–H and O–H groups in total. The van der Waals surface area contributed by atoms with Gasteiger partial charge in [0, 0.05) is 5.33 Å². The molecule has 0 aromatic heterocycles. The Bertz CT molecular complexity index is 360. The third-order valence-electron chi connectivity index (χ3n) is 2.22. The molecule has 2 rings (SSSR count). The van der Waals surface area contributed by atoms with Crippen molar-refractivity contribution in [2.45, 2.75) is 20.1 Å². The minimum absolute atomic E-state index is 0.676. The number of hydrogen-bond donors (Lipinski definition) is 0. The Morgan fingerprint density at radius 2 is 1.11 bits per heavy atom. The Labute approximate surface area is 118 Å². The molecular formula is C16H19BrO. The highest BCUT2D eigenvalue weighted by atomic mass is 79.9. The highest BCUT2D eigenvalue weighted by Gasteiger charge is 1.93. The third-order valence-corrected chi connectivity index (χ3v) is 2.22. The maximum absolute atomic E-state index is 5.61. The first-order valence-electron chi connectivity index (χ1n) is 6.08. The van der Waals surface area contributed by atoms with Crippen molar-refractivity contribution in [3.05, 3.63) is 71.8 Å². The second-order valence-electron chi connectivity index (χ2n) is 3.73. The molecule has 2 heteroatoms. The minimum atomic E-state index is 0.676. The van der Waals surface area contributed by atoms with E-state index in [2.05, 4.69) is 40.2 Å². The fourth-order valence-corrected chi connectivity index (χ4v) is 1.44. The van der Waals surface area contributed by atoms with Gasteiger partial charge in [-0.15, -0.1) is 0 Å². The second-order valence-corrected chi connectivity index (χ2v) is 4.85. The average Bonchev–Trinajstić information content (AvgIpc) is 2.42. The van der Waals surface area contributed by atoms with Gasteiger partial charge in [0.1, 0.15) is 0 Å². The van der Waals surface area contributed by atoms with Gasteiger partial charge in [0.05, 0.1) is 13.2 Å². The number of ether oxygens (including phenoxy) is 1. The number of alkyl halides is 1. The zero-order valence-electron chi connectivity index (χ0n) is 10.7. The SMILES string of the molecule is CCBr.c1ccc(COCc2ccccc2)cc1. The van der Waals surface area contributed by atoms with E-state index in [0.29, 0.717) is 13.2 Å². The standard InChI is InChI=1S/C14H14O.C2H5Br/c1-3-7-13(8-4-1)11-15-12-14-9-5-2-6-10-14;1-2-3/h1-10H,11-12H2;2H2,1H3. The van der Waals surface area contributed by atoms with Gasteiger partial charge in [-0.1, -0.05) is 83.5 Å². The summed E-state index contributed by atoms with van der Waals surface area (Å²) in [5, 5.41) is 1.06. The van der Waals surface area contributed by atoms with Gasteiger partial charge in [-0.25, -0.2) is 0 Å². The highest BCUT2D eigenvalue weighted by Crippen LogP contribution is 2.05. The van der Waals surface area contributed by atoms with Crippen LogP contribution >= 0.6 is 15.9 Å². The molecule has 2 aromatic rings. The van der Waals surface area contributed by atoms with Crippen molar-refractivity contribution < 1.29 is 4.74 Å². The van der Waals surface area contributed by atoms with Crippen molar-refractivity contribution in [1.82, 2.24) is 0 Å². The molecule has 0 saturated carbocycles. The van der Waals surface area contributed by atoms with Gasteiger partial charge in [0.25, 0.3) is 0 Å². The summed E-state index contributed by atoms with van der Waals surface area (Å²) in [4.78, 5) is 0. The van der Waals surface area contributed by atoms with Crippen molar-refractivity contribution in [1.29, 1.82) is 0 Å². The lowest BCUT2D eigenvalue weighted by Crippen LogP contribution is -1.93.